The van der Waals surface area contributed by atoms with E-state index in [4.69, 9.17) is 4.74 Å². The Hall–Kier alpha value is -2.74. The molecule has 126 valence electrons. The maximum absolute atomic E-state index is 12.8. The van der Waals surface area contributed by atoms with Gasteiger partial charge in [-0.1, -0.05) is 18.2 Å². The summed E-state index contributed by atoms with van der Waals surface area (Å²) in [4.78, 5) is 27.2. The van der Waals surface area contributed by atoms with Crippen LogP contribution < -0.4 is 0 Å². The molecule has 1 aliphatic rings. The number of likely N-dealkylation sites (tertiary alicyclic amines) is 1. The first-order valence-corrected chi connectivity index (χ1v) is 7.60. The van der Waals surface area contributed by atoms with Crippen LogP contribution in [0.1, 0.15) is 23.3 Å². The smallest absolute Gasteiger partial charge is 0.332 e. The van der Waals surface area contributed by atoms with E-state index >= 15 is 0 Å². The fraction of sp³-hybridized carbons (Fsp3) is 0.375. The number of hydrogen-bond acceptors (Lipinski definition) is 5. The minimum Gasteiger partial charge on any atom is -0.479 e. The normalized spacial score (nSPS) is 20.3. The molecule has 0 aliphatic carbocycles. The first kappa shape index (κ1) is 16.1. The molecule has 1 aromatic heterocycles. The van der Waals surface area contributed by atoms with Crippen molar-refractivity contribution in [1.29, 1.82) is 0 Å². The van der Waals surface area contributed by atoms with Crippen LogP contribution in [0.2, 0.25) is 0 Å². The minimum atomic E-state index is -1.34. The van der Waals surface area contributed by atoms with Gasteiger partial charge in [-0.05, 0) is 25.0 Å². The lowest BCUT2D eigenvalue weighted by Gasteiger charge is -2.33. The van der Waals surface area contributed by atoms with Gasteiger partial charge in [0.15, 0.2) is 11.2 Å². The molecule has 1 amide bonds. The van der Waals surface area contributed by atoms with E-state index in [1.54, 1.807) is 0 Å². The standard InChI is InChI=1S/C16H18N4O4/c1-24-11-16(15(22)23)8-5-9-19(16)14(21)13-10-17-20(18-13)12-6-3-2-4-7-12/h2-4,6-7,10H,5,8-9,11H2,1H3,(H,22,23). The molecule has 1 aromatic carbocycles. The quantitative estimate of drug-likeness (QED) is 0.877. The van der Waals surface area contributed by atoms with Gasteiger partial charge in [-0.25, -0.2) is 4.79 Å². The molecule has 0 saturated carbocycles. The Labute approximate surface area is 138 Å². The molecule has 0 bridgehead atoms. The van der Waals surface area contributed by atoms with Gasteiger partial charge in [-0.3, -0.25) is 4.79 Å². The number of ether oxygens (including phenoxy) is 1. The van der Waals surface area contributed by atoms with Crippen molar-refractivity contribution in [2.75, 3.05) is 20.3 Å². The zero-order valence-corrected chi connectivity index (χ0v) is 13.3. The van der Waals surface area contributed by atoms with Gasteiger partial charge < -0.3 is 14.7 Å². The number of para-hydroxylation sites is 1. The fourth-order valence-electron chi connectivity index (χ4n) is 3.03. The van der Waals surface area contributed by atoms with Crippen molar-refractivity contribution in [2.45, 2.75) is 18.4 Å². The third-order valence-corrected chi connectivity index (χ3v) is 4.21. The third kappa shape index (κ3) is 2.65. The highest BCUT2D eigenvalue weighted by molar-refractivity contribution is 5.96. The van der Waals surface area contributed by atoms with Crippen LogP contribution in [-0.4, -0.2) is 62.7 Å². The molecular formula is C16H18N4O4. The van der Waals surface area contributed by atoms with Crippen molar-refractivity contribution in [3.05, 3.63) is 42.2 Å². The average molecular weight is 330 g/mol. The van der Waals surface area contributed by atoms with Gasteiger partial charge >= 0.3 is 5.97 Å². The van der Waals surface area contributed by atoms with Crippen LogP contribution >= 0.6 is 0 Å². The van der Waals surface area contributed by atoms with Crippen LogP contribution in [-0.2, 0) is 9.53 Å². The van der Waals surface area contributed by atoms with Crippen LogP contribution in [0.25, 0.3) is 5.69 Å². The summed E-state index contributed by atoms with van der Waals surface area (Å²) in [6.45, 7) is 0.299. The molecule has 0 spiro atoms. The van der Waals surface area contributed by atoms with Crippen molar-refractivity contribution in [1.82, 2.24) is 19.9 Å². The largest absolute Gasteiger partial charge is 0.479 e. The lowest BCUT2D eigenvalue weighted by atomic mass is 9.97. The molecule has 1 fully saturated rings. The molecule has 1 N–H and O–H groups in total. The number of benzene rings is 1. The number of methoxy groups -OCH3 is 1. The van der Waals surface area contributed by atoms with E-state index in [2.05, 4.69) is 10.2 Å². The van der Waals surface area contributed by atoms with Crippen LogP contribution in [0.5, 0.6) is 0 Å². The molecule has 24 heavy (non-hydrogen) atoms. The maximum Gasteiger partial charge on any atom is 0.332 e. The monoisotopic (exact) mass is 330 g/mol. The summed E-state index contributed by atoms with van der Waals surface area (Å²) in [6, 6.07) is 9.19. The topological polar surface area (TPSA) is 97.5 Å². The number of carboxylic acid groups (broad SMARTS) is 1. The summed E-state index contributed by atoms with van der Waals surface area (Å²) in [6.07, 6.45) is 2.32. The maximum atomic E-state index is 12.8. The van der Waals surface area contributed by atoms with Gasteiger partial charge in [0.1, 0.15) is 0 Å². The molecule has 1 atom stereocenters. The van der Waals surface area contributed by atoms with Crippen LogP contribution in [0.4, 0.5) is 0 Å². The number of carbonyl (C=O) groups excluding carboxylic acids is 1. The summed E-state index contributed by atoms with van der Waals surface area (Å²) in [5.74, 6) is -1.51. The molecule has 1 aliphatic heterocycles. The van der Waals surface area contributed by atoms with E-state index < -0.39 is 17.4 Å². The summed E-state index contributed by atoms with van der Waals surface area (Å²) in [5.41, 5.74) is -0.510. The van der Waals surface area contributed by atoms with Gasteiger partial charge in [0, 0.05) is 13.7 Å². The van der Waals surface area contributed by atoms with Gasteiger partial charge in [-0.2, -0.15) is 9.90 Å². The second kappa shape index (κ2) is 6.40. The summed E-state index contributed by atoms with van der Waals surface area (Å²) < 4.78 is 5.07. The Morgan fingerprint density at radius 1 is 1.33 bits per heavy atom. The van der Waals surface area contributed by atoms with E-state index in [1.165, 1.54) is 23.0 Å². The molecule has 2 aromatic rings. The van der Waals surface area contributed by atoms with E-state index in [0.29, 0.717) is 19.4 Å². The predicted molar refractivity (Wildman–Crippen MR) is 83.9 cm³/mol. The number of aliphatic carboxylic acids is 1. The zero-order valence-electron chi connectivity index (χ0n) is 13.3. The van der Waals surface area contributed by atoms with Crippen molar-refractivity contribution in [3.8, 4) is 5.69 Å². The van der Waals surface area contributed by atoms with Gasteiger partial charge in [0.2, 0.25) is 0 Å². The molecule has 3 rings (SSSR count). The Morgan fingerprint density at radius 3 is 2.75 bits per heavy atom. The van der Waals surface area contributed by atoms with E-state index in [0.717, 1.165) is 5.69 Å². The zero-order chi connectivity index (χ0) is 17.2. The van der Waals surface area contributed by atoms with Crippen molar-refractivity contribution in [2.24, 2.45) is 0 Å². The van der Waals surface area contributed by atoms with Gasteiger partial charge in [0.25, 0.3) is 5.91 Å². The summed E-state index contributed by atoms with van der Waals surface area (Å²) >= 11 is 0. The van der Waals surface area contributed by atoms with Crippen LogP contribution in [0.3, 0.4) is 0 Å². The number of carboxylic acids is 1. The predicted octanol–water partition coefficient (Wildman–Crippen LogP) is 0.973. The molecule has 1 unspecified atom stereocenters. The first-order valence-electron chi connectivity index (χ1n) is 7.60. The molecule has 8 heteroatoms. The summed E-state index contributed by atoms with van der Waals surface area (Å²) in [5, 5.41) is 17.9. The average Bonchev–Trinajstić information content (AvgIpc) is 3.23. The number of rotatable bonds is 5. The van der Waals surface area contributed by atoms with E-state index in [9.17, 15) is 14.7 Å². The second-order valence-electron chi connectivity index (χ2n) is 5.68. The molecule has 0 radical (unpaired) electrons. The SMILES string of the molecule is COCC1(C(=O)O)CCCN1C(=O)c1cnn(-c2ccccc2)n1. The number of aromatic nitrogens is 3. The minimum absolute atomic E-state index is 0.0547. The van der Waals surface area contributed by atoms with E-state index in [1.807, 2.05) is 30.3 Å². The summed E-state index contributed by atoms with van der Waals surface area (Å²) in [7, 11) is 1.43. The number of nitrogens with zero attached hydrogens (tertiary/aromatic N) is 4. The highest BCUT2D eigenvalue weighted by atomic mass is 16.5. The Morgan fingerprint density at radius 2 is 2.08 bits per heavy atom. The van der Waals surface area contributed by atoms with E-state index in [-0.39, 0.29) is 12.3 Å². The highest BCUT2D eigenvalue weighted by Gasteiger charge is 2.50. The van der Waals surface area contributed by atoms with Crippen molar-refractivity contribution < 1.29 is 19.4 Å². The van der Waals surface area contributed by atoms with Crippen LogP contribution in [0, 0.1) is 0 Å². The highest BCUT2D eigenvalue weighted by Crippen LogP contribution is 2.31. The van der Waals surface area contributed by atoms with Gasteiger partial charge in [-0.15, -0.1) is 5.10 Å². The lowest BCUT2D eigenvalue weighted by Crippen LogP contribution is -2.56. The Bertz CT molecular complexity index is 746. The number of amides is 1. The molecular weight excluding hydrogens is 312 g/mol. The van der Waals surface area contributed by atoms with Crippen LogP contribution in [0.15, 0.2) is 36.5 Å². The lowest BCUT2D eigenvalue weighted by molar-refractivity contribution is -0.151. The molecule has 8 nitrogen and oxygen atoms in total. The molecule has 1 saturated heterocycles. The Balaban J connectivity index is 1.89. The van der Waals surface area contributed by atoms with Crippen molar-refractivity contribution in [3.63, 3.8) is 0 Å². The Kier molecular flexibility index (Phi) is 4.30. The molecule has 2 heterocycles. The third-order valence-electron chi connectivity index (χ3n) is 4.21. The number of carbonyl (C=O) groups is 2. The second-order valence-corrected chi connectivity index (χ2v) is 5.68. The van der Waals surface area contributed by atoms with Crippen molar-refractivity contribution >= 4 is 11.9 Å². The fourth-order valence-corrected chi connectivity index (χ4v) is 3.03. The number of hydrogen-bond donors (Lipinski definition) is 1. The van der Waals surface area contributed by atoms with Gasteiger partial charge in [0.05, 0.1) is 18.5 Å². The first-order chi connectivity index (χ1) is 11.6.